The fourth-order valence-electron chi connectivity index (χ4n) is 1.28. The van der Waals surface area contributed by atoms with Gasteiger partial charge in [0.1, 0.15) is 11.5 Å². The summed E-state index contributed by atoms with van der Waals surface area (Å²) in [6, 6.07) is 10.5. The second kappa shape index (κ2) is 6.54. The molecule has 0 unspecified atom stereocenters. The fourth-order valence-corrected chi connectivity index (χ4v) is 2.05. The number of hydrogen-bond acceptors (Lipinski definition) is 1. The van der Waals surface area contributed by atoms with Gasteiger partial charge in [0.25, 0.3) is 0 Å². The van der Waals surface area contributed by atoms with E-state index in [0.29, 0.717) is 0 Å². The molecule has 0 radical (unpaired) electrons. The summed E-state index contributed by atoms with van der Waals surface area (Å²) in [5.74, 6) is 0. The summed E-state index contributed by atoms with van der Waals surface area (Å²) < 4.78 is 41.2. The lowest BCUT2D eigenvalue weighted by Crippen LogP contribution is -2.24. The normalized spacial score (nSPS) is 10.7. The summed E-state index contributed by atoms with van der Waals surface area (Å²) in [4.78, 5) is 0. The van der Waals surface area contributed by atoms with Gasteiger partial charge in [-0.1, -0.05) is 30.3 Å². The third-order valence-corrected chi connectivity index (χ3v) is 3.01. The quantitative estimate of drug-likeness (QED) is 0.443. The van der Waals surface area contributed by atoms with E-state index in [1.54, 1.807) is 11.5 Å². The Morgan fingerprint density at radius 1 is 1.06 bits per heavy atom. The van der Waals surface area contributed by atoms with E-state index in [1.807, 2.05) is 6.07 Å². The minimum absolute atomic E-state index is 1.05. The highest BCUT2D eigenvalue weighted by Crippen LogP contribution is 2.18. The Hall–Kier alpha value is -1.37. The van der Waals surface area contributed by atoms with E-state index in [2.05, 4.69) is 46.7 Å². The maximum Gasteiger partial charge on any atom is 0.673 e. The minimum atomic E-state index is -6.00. The predicted octanol–water partition coefficient (Wildman–Crippen LogP) is 4.02. The maximum absolute atomic E-state index is 9.75. The van der Waals surface area contributed by atoms with Crippen LogP contribution >= 0.6 is 11.5 Å². The van der Waals surface area contributed by atoms with Crippen molar-refractivity contribution in [1.82, 2.24) is 0 Å². The Kier molecular flexibility index (Phi) is 5.34. The van der Waals surface area contributed by atoms with Gasteiger partial charge in [-0.2, -0.15) is 0 Å². The lowest BCUT2D eigenvalue weighted by atomic mass is 10.1. The van der Waals surface area contributed by atoms with Gasteiger partial charge in [-0.25, -0.2) is 0 Å². The van der Waals surface area contributed by atoms with Crippen molar-refractivity contribution in [3.8, 4) is 11.1 Å². The summed E-state index contributed by atoms with van der Waals surface area (Å²) >= 11 is 1.76. The summed E-state index contributed by atoms with van der Waals surface area (Å²) in [6.07, 6.45) is 2.19. The summed E-state index contributed by atoms with van der Waals surface area (Å²) in [5, 5.41) is 2.19. The fraction of sp³-hybridized carbons (Fsp3) is 0.182. The molecular formula is C11H12BF4NS. The molecule has 18 heavy (non-hydrogen) atoms. The molecule has 0 saturated carbocycles. The molecule has 0 aliphatic heterocycles. The van der Waals surface area contributed by atoms with E-state index in [4.69, 9.17) is 0 Å². The molecule has 0 amide bonds. The molecule has 0 aliphatic carbocycles. The van der Waals surface area contributed by atoms with Gasteiger partial charge >= 0.3 is 7.25 Å². The molecule has 0 atom stereocenters. The van der Waals surface area contributed by atoms with Gasteiger partial charge in [-0.15, -0.1) is 3.96 Å². The van der Waals surface area contributed by atoms with Crippen molar-refractivity contribution in [2.24, 2.45) is 0 Å². The third kappa shape index (κ3) is 5.81. The zero-order chi connectivity index (χ0) is 13.6. The summed E-state index contributed by atoms with van der Waals surface area (Å²) in [6.45, 7) is 3.21. The van der Waals surface area contributed by atoms with E-state index < -0.39 is 7.25 Å². The van der Waals surface area contributed by atoms with Crippen LogP contribution in [0, 0.1) is 0 Å². The van der Waals surface area contributed by atoms with Gasteiger partial charge in [0.2, 0.25) is 0 Å². The summed E-state index contributed by atoms with van der Waals surface area (Å²) in [5.41, 5.74) is 2.61. The first kappa shape index (κ1) is 14.7. The molecule has 1 aromatic carbocycles. The number of rotatable bonds is 2. The first-order valence-corrected chi connectivity index (χ1v) is 6.15. The number of aromatic nitrogens is 1. The molecule has 0 N–H and O–H groups in total. The SMILES string of the molecule is CC[n+]1cc(-c2ccccc2)cs1.F[B-](F)(F)F. The van der Waals surface area contributed by atoms with E-state index in [1.165, 1.54) is 11.1 Å². The van der Waals surface area contributed by atoms with Crippen LogP contribution in [0.25, 0.3) is 11.1 Å². The maximum atomic E-state index is 9.75. The number of hydrogen-bond donors (Lipinski definition) is 0. The largest absolute Gasteiger partial charge is 0.673 e. The van der Waals surface area contributed by atoms with Gasteiger partial charge < -0.3 is 17.3 Å². The molecule has 0 fully saturated rings. The van der Waals surface area contributed by atoms with Crippen molar-refractivity contribution in [2.75, 3.05) is 0 Å². The van der Waals surface area contributed by atoms with E-state index in [9.17, 15) is 17.3 Å². The molecule has 0 saturated heterocycles. The van der Waals surface area contributed by atoms with E-state index in [0.717, 1.165) is 6.54 Å². The summed E-state index contributed by atoms with van der Waals surface area (Å²) in [7, 11) is -6.00. The number of benzene rings is 1. The second-order valence-electron chi connectivity index (χ2n) is 3.40. The molecule has 2 aromatic rings. The van der Waals surface area contributed by atoms with Crippen molar-refractivity contribution in [2.45, 2.75) is 13.5 Å². The van der Waals surface area contributed by atoms with Crippen LogP contribution in [0.3, 0.4) is 0 Å². The van der Waals surface area contributed by atoms with Gasteiger partial charge in [0.05, 0.1) is 10.9 Å². The number of aryl methyl sites for hydroxylation is 1. The highest BCUT2D eigenvalue weighted by Gasteiger charge is 2.20. The Labute approximate surface area is 107 Å². The van der Waals surface area contributed by atoms with Gasteiger partial charge in [0, 0.05) is 0 Å². The van der Waals surface area contributed by atoms with Crippen LogP contribution in [0.15, 0.2) is 41.9 Å². The van der Waals surface area contributed by atoms with E-state index >= 15 is 0 Å². The van der Waals surface area contributed by atoms with Crippen molar-refractivity contribution in [1.29, 1.82) is 0 Å². The molecule has 0 aliphatic rings. The Morgan fingerprint density at radius 2 is 1.61 bits per heavy atom. The molecule has 1 nitrogen and oxygen atoms in total. The molecule has 0 spiro atoms. The van der Waals surface area contributed by atoms with Crippen LogP contribution in [-0.2, 0) is 6.54 Å². The number of nitrogens with zero attached hydrogens (tertiary/aromatic N) is 1. The van der Waals surface area contributed by atoms with Crippen LogP contribution < -0.4 is 3.96 Å². The first-order chi connectivity index (χ1) is 8.40. The van der Waals surface area contributed by atoms with Crippen LogP contribution in [0.4, 0.5) is 17.3 Å². The van der Waals surface area contributed by atoms with Crippen LogP contribution in [0.1, 0.15) is 6.92 Å². The average molecular weight is 277 g/mol. The highest BCUT2D eigenvalue weighted by molar-refractivity contribution is 6.99. The lowest BCUT2D eigenvalue weighted by molar-refractivity contribution is -0.624. The van der Waals surface area contributed by atoms with Crippen molar-refractivity contribution >= 4 is 18.8 Å². The van der Waals surface area contributed by atoms with Crippen molar-refractivity contribution in [3.63, 3.8) is 0 Å². The first-order valence-electron chi connectivity index (χ1n) is 5.31. The van der Waals surface area contributed by atoms with Gasteiger partial charge in [-0.05, 0) is 12.5 Å². The molecule has 98 valence electrons. The zero-order valence-electron chi connectivity index (χ0n) is 9.69. The molecule has 2 rings (SSSR count). The lowest BCUT2D eigenvalue weighted by Gasteiger charge is -1.94. The second-order valence-corrected chi connectivity index (χ2v) is 4.32. The number of halogens is 4. The van der Waals surface area contributed by atoms with Crippen molar-refractivity contribution in [3.05, 3.63) is 41.9 Å². The smallest absolute Gasteiger partial charge is 0.418 e. The van der Waals surface area contributed by atoms with Crippen LogP contribution in [0.5, 0.6) is 0 Å². The average Bonchev–Trinajstić information content (AvgIpc) is 2.76. The standard InChI is InChI=1S/C11H12NS.BF4/c1-2-12-8-11(9-13-12)10-6-4-3-5-7-10;2-1(3,4)5/h3-9H,2H2,1H3;/q+1;-1. The van der Waals surface area contributed by atoms with E-state index in [-0.39, 0.29) is 0 Å². The highest BCUT2D eigenvalue weighted by atomic mass is 32.1. The van der Waals surface area contributed by atoms with Crippen molar-refractivity contribution < 1.29 is 21.2 Å². The van der Waals surface area contributed by atoms with Gasteiger partial charge in [-0.3, -0.25) is 0 Å². The minimum Gasteiger partial charge on any atom is -0.418 e. The monoisotopic (exact) mass is 277 g/mol. The molecular weight excluding hydrogens is 265 g/mol. The Bertz CT molecular complexity index is 463. The molecule has 7 heteroatoms. The zero-order valence-corrected chi connectivity index (χ0v) is 10.5. The van der Waals surface area contributed by atoms with Gasteiger partial charge in [0.15, 0.2) is 12.7 Å². The Balaban J connectivity index is 0.000000280. The topological polar surface area (TPSA) is 3.88 Å². The predicted molar refractivity (Wildman–Crippen MR) is 65.8 cm³/mol. The Morgan fingerprint density at radius 3 is 2.06 bits per heavy atom. The molecule has 1 aromatic heterocycles. The molecule has 1 heterocycles. The molecule has 0 bridgehead atoms. The van der Waals surface area contributed by atoms with Crippen LogP contribution in [0.2, 0.25) is 0 Å². The van der Waals surface area contributed by atoms with Crippen LogP contribution in [-0.4, -0.2) is 7.25 Å². The third-order valence-electron chi connectivity index (χ3n) is 2.02.